The summed E-state index contributed by atoms with van der Waals surface area (Å²) in [4.78, 5) is 2.22. The summed E-state index contributed by atoms with van der Waals surface area (Å²) in [6.07, 6.45) is 0.957. The highest BCUT2D eigenvalue weighted by Crippen LogP contribution is 2.19. The summed E-state index contributed by atoms with van der Waals surface area (Å²) in [5.41, 5.74) is 1.21. The minimum Gasteiger partial charge on any atom is -0.313 e. The largest absolute Gasteiger partial charge is 0.313 e. The third-order valence-electron chi connectivity index (χ3n) is 3.79. The Kier molecular flexibility index (Phi) is 5.43. The molecule has 0 saturated carbocycles. The molecule has 1 aliphatic rings. The van der Waals surface area contributed by atoms with Gasteiger partial charge in [-0.3, -0.25) is 0 Å². The van der Waals surface area contributed by atoms with Gasteiger partial charge in [-0.2, -0.15) is 0 Å². The molecular weight excluding hydrogens is 296 g/mol. The lowest BCUT2D eigenvalue weighted by atomic mass is 10.0. The van der Waals surface area contributed by atoms with Crippen molar-refractivity contribution in [3.05, 3.63) is 34.9 Å². The van der Waals surface area contributed by atoms with Crippen LogP contribution in [0.3, 0.4) is 0 Å². The average molecular weight is 317 g/mol. The SMILES string of the molecule is CNC(CCN1CCS(=O)(=O)CC1)c1ccc(Cl)cc1. The Morgan fingerprint density at radius 3 is 2.40 bits per heavy atom. The van der Waals surface area contributed by atoms with E-state index in [2.05, 4.69) is 10.2 Å². The fourth-order valence-corrected chi connectivity index (χ4v) is 3.86. The number of sulfone groups is 1. The van der Waals surface area contributed by atoms with Gasteiger partial charge in [0, 0.05) is 30.7 Å². The predicted octanol–water partition coefficient (Wildman–Crippen LogP) is 1.72. The molecule has 4 nitrogen and oxygen atoms in total. The lowest BCUT2D eigenvalue weighted by Crippen LogP contribution is -2.41. The molecule has 1 aromatic rings. The first-order valence-corrected chi connectivity index (χ1v) is 9.05. The number of benzene rings is 1. The van der Waals surface area contributed by atoms with Crippen molar-refractivity contribution in [3.63, 3.8) is 0 Å². The monoisotopic (exact) mass is 316 g/mol. The highest BCUT2D eigenvalue weighted by Gasteiger charge is 2.22. The van der Waals surface area contributed by atoms with Crippen LogP contribution < -0.4 is 5.32 Å². The molecule has 0 aromatic heterocycles. The Labute approximate surface area is 126 Å². The van der Waals surface area contributed by atoms with E-state index < -0.39 is 9.84 Å². The van der Waals surface area contributed by atoms with Crippen molar-refractivity contribution >= 4 is 21.4 Å². The minimum absolute atomic E-state index is 0.269. The molecule has 0 spiro atoms. The minimum atomic E-state index is -2.79. The van der Waals surface area contributed by atoms with E-state index in [0.29, 0.717) is 13.1 Å². The fraction of sp³-hybridized carbons (Fsp3) is 0.571. The van der Waals surface area contributed by atoms with Gasteiger partial charge in [0.2, 0.25) is 0 Å². The van der Waals surface area contributed by atoms with Crippen molar-refractivity contribution in [2.24, 2.45) is 0 Å². The molecule has 20 heavy (non-hydrogen) atoms. The summed E-state index contributed by atoms with van der Waals surface area (Å²) >= 11 is 5.90. The van der Waals surface area contributed by atoms with Crippen molar-refractivity contribution in [2.75, 3.05) is 38.2 Å². The van der Waals surface area contributed by atoms with E-state index in [9.17, 15) is 8.42 Å². The third kappa shape index (κ3) is 4.45. The highest BCUT2D eigenvalue weighted by molar-refractivity contribution is 7.91. The number of hydrogen-bond acceptors (Lipinski definition) is 4. The van der Waals surface area contributed by atoms with Gasteiger partial charge in [-0.15, -0.1) is 0 Å². The van der Waals surface area contributed by atoms with Gasteiger partial charge in [0.15, 0.2) is 9.84 Å². The maximum Gasteiger partial charge on any atom is 0.152 e. The lowest BCUT2D eigenvalue weighted by molar-refractivity contribution is 0.278. The summed E-state index contributed by atoms with van der Waals surface area (Å²) in [5.74, 6) is 0.580. The van der Waals surface area contributed by atoms with Gasteiger partial charge in [0.05, 0.1) is 11.5 Å². The second-order valence-corrected chi connectivity index (χ2v) is 7.92. The number of rotatable bonds is 5. The zero-order valence-corrected chi connectivity index (χ0v) is 13.3. The average Bonchev–Trinajstić information content (AvgIpc) is 2.43. The second-order valence-electron chi connectivity index (χ2n) is 5.17. The van der Waals surface area contributed by atoms with Gasteiger partial charge in [-0.1, -0.05) is 23.7 Å². The van der Waals surface area contributed by atoms with Gasteiger partial charge < -0.3 is 10.2 Å². The van der Waals surface area contributed by atoms with E-state index in [1.807, 2.05) is 31.3 Å². The maximum atomic E-state index is 11.4. The molecule has 112 valence electrons. The zero-order chi connectivity index (χ0) is 14.6. The predicted molar refractivity (Wildman–Crippen MR) is 83.0 cm³/mol. The number of halogens is 1. The van der Waals surface area contributed by atoms with E-state index in [1.165, 1.54) is 5.56 Å². The van der Waals surface area contributed by atoms with Crippen molar-refractivity contribution in [3.8, 4) is 0 Å². The quantitative estimate of drug-likeness (QED) is 0.898. The highest BCUT2D eigenvalue weighted by atomic mass is 35.5. The van der Waals surface area contributed by atoms with Crippen LogP contribution in [0.5, 0.6) is 0 Å². The Balaban J connectivity index is 1.87. The van der Waals surface area contributed by atoms with E-state index in [1.54, 1.807) is 0 Å². The van der Waals surface area contributed by atoms with Crippen molar-refractivity contribution in [1.82, 2.24) is 10.2 Å². The van der Waals surface area contributed by atoms with Gasteiger partial charge in [-0.25, -0.2) is 8.42 Å². The van der Waals surface area contributed by atoms with Crippen LogP contribution in [0.2, 0.25) is 5.02 Å². The smallest absolute Gasteiger partial charge is 0.152 e. The molecule has 2 rings (SSSR count). The maximum absolute atomic E-state index is 11.4. The summed E-state index contributed by atoms with van der Waals surface area (Å²) in [7, 11) is -0.844. The van der Waals surface area contributed by atoms with Crippen LogP contribution in [0.1, 0.15) is 18.0 Å². The second kappa shape index (κ2) is 6.89. The van der Waals surface area contributed by atoms with Crippen LogP contribution in [0.4, 0.5) is 0 Å². The van der Waals surface area contributed by atoms with Crippen LogP contribution in [0.15, 0.2) is 24.3 Å². The molecule has 0 radical (unpaired) electrons. The standard InChI is InChI=1S/C14H21ClN2O2S/c1-16-14(12-2-4-13(15)5-3-12)6-7-17-8-10-20(18,19)11-9-17/h2-5,14,16H,6-11H2,1H3. The summed E-state index contributed by atoms with van der Waals surface area (Å²) in [5, 5.41) is 4.05. The van der Waals surface area contributed by atoms with Gasteiger partial charge in [0.1, 0.15) is 0 Å². The van der Waals surface area contributed by atoms with Crippen molar-refractivity contribution in [1.29, 1.82) is 0 Å². The molecule has 0 bridgehead atoms. The lowest BCUT2D eigenvalue weighted by Gasteiger charge is -2.28. The molecular formula is C14H21ClN2O2S. The fourth-order valence-electron chi connectivity index (χ4n) is 2.46. The van der Waals surface area contributed by atoms with E-state index in [4.69, 9.17) is 11.6 Å². The molecule has 1 aromatic carbocycles. The molecule has 1 heterocycles. The Hall–Kier alpha value is -0.620. The summed E-state index contributed by atoms with van der Waals surface area (Å²) in [6.45, 7) is 2.21. The summed E-state index contributed by atoms with van der Waals surface area (Å²) in [6, 6.07) is 8.13. The first-order chi connectivity index (χ1) is 9.50. The number of nitrogens with zero attached hydrogens (tertiary/aromatic N) is 1. The number of hydrogen-bond donors (Lipinski definition) is 1. The van der Waals surface area contributed by atoms with Crippen LogP contribution in [0, 0.1) is 0 Å². The molecule has 1 N–H and O–H groups in total. The molecule has 1 unspecified atom stereocenters. The van der Waals surface area contributed by atoms with E-state index in [-0.39, 0.29) is 17.5 Å². The molecule has 0 amide bonds. The molecule has 0 aliphatic carbocycles. The number of nitrogens with one attached hydrogen (secondary N) is 1. The van der Waals surface area contributed by atoms with Gasteiger partial charge in [-0.05, 0) is 31.2 Å². The van der Waals surface area contributed by atoms with Crippen LogP contribution in [0.25, 0.3) is 0 Å². The van der Waals surface area contributed by atoms with E-state index >= 15 is 0 Å². The van der Waals surface area contributed by atoms with E-state index in [0.717, 1.165) is 18.0 Å². The molecule has 1 aliphatic heterocycles. The normalized spacial score (nSPS) is 20.7. The molecule has 6 heteroatoms. The van der Waals surface area contributed by atoms with Gasteiger partial charge in [0.25, 0.3) is 0 Å². The Morgan fingerprint density at radius 1 is 1.25 bits per heavy atom. The summed E-state index contributed by atoms with van der Waals surface area (Å²) < 4.78 is 22.8. The topological polar surface area (TPSA) is 49.4 Å². The Bertz CT molecular complexity index is 517. The van der Waals surface area contributed by atoms with Crippen LogP contribution in [-0.2, 0) is 9.84 Å². The zero-order valence-electron chi connectivity index (χ0n) is 11.7. The van der Waals surface area contributed by atoms with Crippen molar-refractivity contribution < 1.29 is 8.42 Å². The van der Waals surface area contributed by atoms with Crippen LogP contribution >= 0.6 is 11.6 Å². The van der Waals surface area contributed by atoms with Gasteiger partial charge >= 0.3 is 0 Å². The first-order valence-electron chi connectivity index (χ1n) is 6.86. The third-order valence-corrected chi connectivity index (χ3v) is 5.65. The molecule has 1 atom stereocenters. The molecule has 1 fully saturated rings. The van der Waals surface area contributed by atoms with Crippen LogP contribution in [-0.4, -0.2) is 51.5 Å². The Morgan fingerprint density at radius 2 is 1.85 bits per heavy atom. The first kappa shape index (κ1) is 15.8. The van der Waals surface area contributed by atoms with Crippen molar-refractivity contribution in [2.45, 2.75) is 12.5 Å². The molecule has 1 saturated heterocycles.